The van der Waals surface area contributed by atoms with Crippen LogP contribution in [-0.4, -0.2) is 4.98 Å². The van der Waals surface area contributed by atoms with E-state index in [4.69, 9.17) is 5.73 Å². The van der Waals surface area contributed by atoms with Crippen LogP contribution in [0.15, 0.2) is 17.1 Å². The molecule has 0 aliphatic rings. The van der Waals surface area contributed by atoms with Crippen molar-refractivity contribution in [1.29, 1.82) is 0 Å². The van der Waals surface area contributed by atoms with Crippen molar-refractivity contribution >= 4 is 40.7 Å². The molecule has 0 fully saturated rings. The van der Waals surface area contributed by atoms with Crippen LogP contribution in [-0.2, 0) is 0 Å². The van der Waals surface area contributed by atoms with Crippen molar-refractivity contribution in [2.45, 2.75) is 0 Å². The van der Waals surface area contributed by atoms with Crippen molar-refractivity contribution in [2.24, 2.45) is 0 Å². The van der Waals surface area contributed by atoms with Gasteiger partial charge in [-0.3, -0.25) is 4.79 Å². The summed E-state index contributed by atoms with van der Waals surface area (Å²) in [5, 5.41) is 0. The summed E-state index contributed by atoms with van der Waals surface area (Å²) in [6.45, 7) is 0. The lowest BCUT2D eigenvalue weighted by Gasteiger charge is -1.89. The van der Waals surface area contributed by atoms with Crippen molar-refractivity contribution in [3.05, 3.63) is 26.2 Å². The molecular weight excluding hydrogens is 266 g/mol. The molecule has 1 aromatic heterocycles. The van der Waals surface area contributed by atoms with Gasteiger partial charge in [-0.25, -0.2) is 0 Å². The number of nitrogens with one attached hydrogen (secondary N) is 1. The minimum absolute atomic E-state index is 0. The number of halogens is 2. The van der Waals surface area contributed by atoms with Crippen molar-refractivity contribution in [3.8, 4) is 0 Å². The monoisotopic (exact) mass is 272 g/mol. The summed E-state index contributed by atoms with van der Waals surface area (Å²) >= 11 is 1.93. The van der Waals surface area contributed by atoms with Gasteiger partial charge in [-0.2, -0.15) is 0 Å². The van der Waals surface area contributed by atoms with E-state index in [0.717, 1.165) is 0 Å². The van der Waals surface area contributed by atoms with Gasteiger partial charge in [0.05, 0.1) is 3.57 Å². The third-order valence-corrected chi connectivity index (χ3v) is 1.68. The zero-order valence-electron chi connectivity index (χ0n) is 4.93. The van der Waals surface area contributed by atoms with Crippen LogP contribution in [0.2, 0.25) is 0 Å². The van der Waals surface area contributed by atoms with Crippen molar-refractivity contribution in [2.75, 3.05) is 5.73 Å². The third kappa shape index (κ3) is 2.18. The fraction of sp³-hybridized carbons (Fsp3) is 0. The molecule has 0 bridgehead atoms. The van der Waals surface area contributed by atoms with E-state index in [2.05, 4.69) is 4.98 Å². The van der Waals surface area contributed by atoms with Gasteiger partial charge in [0.15, 0.2) is 0 Å². The molecule has 3 N–H and O–H groups in total. The van der Waals surface area contributed by atoms with Crippen LogP contribution in [0.1, 0.15) is 0 Å². The standard InChI is InChI=1S/C5H5IN2O.ClH/c6-4-1-3(7)2-8-5(4)9;/h1-2H,7H2,(H,8,9);1H. The molecule has 0 amide bonds. The van der Waals surface area contributed by atoms with Crippen LogP contribution in [0.3, 0.4) is 0 Å². The number of hydrogen-bond donors (Lipinski definition) is 2. The predicted molar refractivity (Wildman–Crippen MR) is 51.4 cm³/mol. The number of H-pyrrole nitrogens is 1. The van der Waals surface area contributed by atoms with Gasteiger partial charge in [0.2, 0.25) is 0 Å². The Morgan fingerprint density at radius 1 is 1.60 bits per heavy atom. The van der Waals surface area contributed by atoms with Gasteiger partial charge < -0.3 is 10.7 Å². The number of pyridine rings is 1. The molecule has 0 saturated carbocycles. The van der Waals surface area contributed by atoms with Crippen LogP contribution in [0.4, 0.5) is 5.69 Å². The molecule has 0 radical (unpaired) electrons. The summed E-state index contributed by atoms with van der Waals surface area (Å²) in [6.07, 6.45) is 1.48. The first-order valence-corrected chi connectivity index (χ1v) is 3.42. The maximum Gasteiger partial charge on any atom is 0.261 e. The summed E-state index contributed by atoms with van der Waals surface area (Å²) in [7, 11) is 0. The van der Waals surface area contributed by atoms with E-state index in [1.807, 2.05) is 22.6 Å². The normalized spacial score (nSPS) is 8.50. The largest absolute Gasteiger partial charge is 0.398 e. The van der Waals surface area contributed by atoms with E-state index in [9.17, 15) is 4.79 Å². The van der Waals surface area contributed by atoms with Gasteiger partial charge in [0.25, 0.3) is 5.56 Å². The molecule has 3 nitrogen and oxygen atoms in total. The topological polar surface area (TPSA) is 58.9 Å². The highest BCUT2D eigenvalue weighted by Crippen LogP contribution is 2.00. The third-order valence-electron chi connectivity index (χ3n) is 0.880. The number of aromatic nitrogens is 1. The highest BCUT2D eigenvalue weighted by Gasteiger charge is 1.91. The van der Waals surface area contributed by atoms with Crippen LogP contribution in [0.5, 0.6) is 0 Å². The Morgan fingerprint density at radius 2 is 2.20 bits per heavy atom. The molecule has 1 aromatic rings. The molecule has 0 unspecified atom stereocenters. The van der Waals surface area contributed by atoms with Crippen molar-refractivity contribution in [3.63, 3.8) is 0 Å². The molecule has 56 valence electrons. The highest BCUT2D eigenvalue weighted by atomic mass is 127. The van der Waals surface area contributed by atoms with E-state index in [0.29, 0.717) is 9.26 Å². The average molecular weight is 272 g/mol. The van der Waals surface area contributed by atoms with Crippen LogP contribution in [0, 0.1) is 3.57 Å². The zero-order chi connectivity index (χ0) is 6.85. The van der Waals surface area contributed by atoms with Crippen LogP contribution in [0.25, 0.3) is 0 Å². The molecule has 0 saturated heterocycles. The first-order chi connectivity index (χ1) is 4.20. The lowest BCUT2D eigenvalue weighted by atomic mass is 10.4. The van der Waals surface area contributed by atoms with E-state index in [1.54, 1.807) is 6.07 Å². The fourth-order valence-corrected chi connectivity index (χ4v) is 0.987. The SMILES string of the molecule is Cl.Nc1c[nH]c(=O)c(I)c1. The molecule has 0 atom stereocenters. The van der Waals surface area contributed by atoms with Crippen molar-refractivity contribution in [1.82, 2.24) is 4.98 Å². The lowest BCUT2D eigenvalue weighted by Crippen LogP contribution is -2.08. The van der Waals surface area contributed by atoms with E-state index < -0.39 is 0 Å². The highest BCUT2D eigenvalue weighted by molar-refractivity contribution is 14.1. The molecule has 0 spiro atoms. The maximum absolute atomic E-state index is 10.7. The summed E-state index contributed by atoms with van der Waals surface area (Å²) in [4.78, 5) is 13.1. The van der Waals surface area contributed by atoms with Gasteiger partial charge in [-0.05, 0) is 28.7 Å². The first-order valence-electron chi connectivity index (χ1n) is 2.34. The summed E-state index contributed by atoms with van der Waals surface area (Å²) in [5.74, 6) is 0. The second-order valence-electron chi connectivity index (χ2n) is 1.61. The Bertz CT molecular complexity index is 273. The van der Waals surface area contributed by atoms with Gasteiger partial charge in [0.1, 0.15) is 0 Å². The number of hydrogen-bond acceptors (Lipinski definition) is 2. The molecular formula is C5H6ClIN2O. The molecule has 0 aliphatic heterocycles. The number of rotatable bonds is 0. The zero-order valence-corrected chi connectivity index (χ0v) is 7.90. The summed E-state index contributed by atoms with van der Waals surface area (Å²) in [5.41, 5.74) is 5.84. The number of anilines is 1. The minimum Gasteiger partial charge on any atom is -0.398 e. The van der Waals surface area contributed by atoms with E-state index >= 15 is 0 Å². The Morgan fingerprint density at radius 3 is 2.60 bits per heavy atom. The molecule has 1 rings (SSSR count). The molecule has 10 heavy (non-hydrogen) atoms. The van der Waals surface area contributed by atoms with E-state index in [-0.39, 0.29) is 18.0 Å². The molecule has 5 heteroatoms. The predicted octanol–water partition coefficient (Wildman–Crippen LogP) is 0.984. The minimum atomic E-state index is -0.0928. The van der Waals surface area contributed by atoms with Crippen LogP contribution < -0.4 is 11.3 Å². The number of aromatic amines is 1. The maximum atomic E-state index is 10.7. The molecule has 0 aromatic carbocycles. The Labute approximate surface area is 77.6 Å². The first kappa shape index (κ1) is 9.77. The smallest absolute Gasteiger partial charge is 0.261 e. The Kier molecular flexibility index (Phi) is 3.73. The molecule has 0 aliphatic carbocycles. The number of nitrogens with two attached hydrogens (primary N) is 1. The van der Waals surface area contributed by atoms with Gasteiger partial charge in [-0.15, -0.1) is 12.4 Å². The molecule has 1 heterocycles. The van der Waals surface area contributed by atoms with Gasteiger partial charge >= 0.3 is 0 Å². The Hall–Kier alpha value is -0.230. The van der Waals surface area contributed by atoms with Crippen LogP contribution >= 0.6 is 35.0 Å². The van der Waals surface area contributed by atoms with Crippen molar-refractivity contribution < 1.29 is 0 Å². The summed E-state index contributed by atoms with van der Waals surface area (Å²) in [6, 6.07) is 1.62. The second-order valence-corrected chi connectivity index (χ2v) is 2.77. The van der Waals surface area contributed by atoms with E-state index in [1.165, 1.54) is 6.20 Å². The average Bonchev–Trinajstić information content (AvgIpc) is 1.80. The quantitative estimate of drug-likeness (QED) is 0.692. The van der Waals surface area contributed by atoms with Gasteiger partial charge in [0, 0.05) is 11.9 Å². The lowest BCUT2D eigenvalue weighted by molar-refractivity contribution is 1.22. The number of nitrogen functional groups attached to an aromatic ring is 1. The fourth-order valence-electron chi connectivity index (χ4n) is 0.471. The second kappa shape index (κ2) is 3.82. The summed E-state index contributed by atoms with van der Waals surface area (Å²) < 4.78 is 0.618. The van der Waals surface area contributed by atoms with Gasteiger partial charge in [-0.1, -0.05) is 0 Å². The Balaban J connectivity index is 0.000000810.